The first-order valence-corrected chi connectivity index (χ1v) is 5.41. The summed E-state index contributed by atoms with van der Waals surface area (Å²) < 4.78 is 36.3. The van der Waals surface area contributed by atoms with E-state index < -0.39 is 23.7 Å². The lowest BCUT2D eigenvalue weighted by molar-refractivity contribution is 0.0655. The van der Waals surface area contributed by atoms with Crippen LogP contribution in [0.5, 0.6) is 5.75 Å². The van der Waals surface area contributed by atoms with Crippen LogP contribution in [-0.2, 0) is 0 Å². The predicted molar refractivity (Wildman–Crippen MR) is 61.1 cm³/mol. The van der Waals surface area contributed by atoms with Crippen LogP contribution in [0.4, 0.5) is 8.78 Å². The number of carbonyl (C=O) groups is 1. The second kappa shape index (κ2) is 5.09. The summed E-state index contributed by atoms with van der Waals surface area (Å²) in [6.07, 6.45) is -0.672. The van der Waals surface area contributed by atoms with Gasteiger partial charge in [0.2, 0.25) is 5.76 Å². The van der Waals surface area contributed by atoms with Crippen LogP contribution in [0.15, 0.2) is 34.7 Å². The molecule has 0 aliphatic heterocycles. The molecule has 0 aliphatic carbocycles. The Morgan fingerprint density at radius 3 is 2.42 bits per heavy atom. The monoisotopic (exact) mass is 268 g/mol. The number of carboxylic acids is 1. The Morgan fingerprint density at radius 1 is 1.26 bits per heavy atom. The van der Waals surface area contributed by atoms with Gasteiger partial charge in [0.1, 0.15) is 23.1 Å². The Kier molecular flexibility index (Phi) is 3.50. The molecule has 0 radical (unpaired) electrons. The Morgan fingerprint density at radius 2 is 1.89 bits per heavy atom. The minimum atomic E-state index is -1.20. The van der Waals surface area contributed by atoms with Crippen LogP contribution >= 0.6 is 0 Å². The molecule has 1 aromatic carbocycles. The Labute approximate surface area is 107 Å². The summed E-state index contributed by atoms with van der Waals surface area (Å²) in [6, 6.07) is 5.50. The molecular formula is C13H10F2O4. The van der Waals surface area contributed by atoms with Crippen molar-refractivity contribution in [3.05, 3.63) is 53.5 Å². The van der Waals surface area contributed by atoms with Crippen LogP contribution < -0.4 is 4.74 Å². The number of halogens is 2. The second-order valence-electron chi connectivity index (χ2n) is 3.87. The Bertz CT molecular complexity index is 586. The van der Waals surface area contributed by atoms with Crippen LogP contribution in [0, 0.1) is 11.6 Å². The van der Waals surface area contributed by atoms with Crippen LogP contribution in [0.1, 0.15) is 29.3 Å². The van der Waals surface area contributed by atoms with Gasteiger partial charge in [0.25, 0.3) is 0 Å². The van der Waals surface area contributed by atoms with Gasteiger partial charge in [-0.25, -0.2) is 13.6 Å². The number of carboxylic acid groups (broad SMARTS) is 1. The van der Waals surface area contributed by atoms with Crippen LogP contribution in [-0.4, -0.2) is 11.1 Å². The highest BCUT2D eigenvalue weighted by atomic mass is 19.1. The zero-order chi connectivity index (χ0) is 14.0. The van der Waals surface area contributed by atoms with E-state index in [1.807, 2.05) is 0 Å². The molecule has 0 spiro atoms. The highest BCUT2D eigenvalue weighted by molar-refractivity contribution is 5.84. The van der Waals surface area contributed by atoms with Crippen LogP contribution in [0.3, 0.4) is 0 Å². The molecule has 0 aliphatic rings. The maximum atomic E-state index is 13.0. The summed E-state index contributed by atoms with van der Waals surface area (Å²) in [5.41, 5.74) is 0. The van der Waals surface area contributed by atoms with Gasteiger partial charge in [0.15, 0.2) is 6.10 Å². The molecule has 1 aromatic heterocycles. The van der Waals surface area contributed by atoms with Gasteiger partial charge < -0.3 is 14.3 Å². The van der Waals surface area contributed by atoms with Crippen molar-refractivity contribution in [2.24, 2.45) is 0 Å². The molecule has 1 N–H and O–H groups in total. The SMILES string of the molecule is CC(Oc1cc(F)cc(F)c1)c1ccc(C(=O)O)o1. The second-order valence-corrected chi connectivity index (χ2v) is 3.87. The zero-order valence-corrected chi connectivity index (χ0v) is 9.89. The fourth-order valence-electron chi connectivity index (χ4n) is 1.55. The molecule has 0 saturated carbocycles. The van der Waals surface area contributed by atoms with E-state index in [1.54, 1.807) is 6.92 Å². The number of hydrogen-bond acceptors (Lipinski definition) is 3. The topological polar surface area (TPSA) is 59.7 Å². The summed E-state index contributed by atoms with van der Waals surface area (Å²) in [6.45, 7) is 1.58. The maximum Gasteiger partial charge on any atom is 0.371 e. The van der Waals surface area contributed by atoms with Crippen LogP contribution in [0.25, 0.3) is 0 Å². The summed E-state index contributed by atoms with van der Waals surface area (Å²) in [5, 5.41) is 8.71. The molecule has 1 heterocycles. The van der Waals surface area contributed by atoms with E-state index in [2.05, 4.69) is 0 Å². The summed E-state index contributed by atoms with van der Waals surface area (Å²) in [4.78, 5) is 10.7. The average molecular weight is 268 g/mol. The highest BCUT2D eigenvalue weighted by Gasteiger charge is 2.16. The molecule has 6 heteroatoms. The molecule has 1 atom stereocenters. The largest absolute Gasteiger partial charge is 0.483 e. The first kappa shape index (κ1) is 13.1. The lowest BCUT2D eigenvalue weighted by Gasteiger charge is -2.12. The minimum absolute atomic E-state index is 0.00160. The van der Waals surface area contributed by atoms with Gasteiger partial charge in [0.05, 0.1) is 0 Å². The smallest absolute Gasteiger partial charge is 0.371 e. The van der Waals surface area contributed by atoms with Gasteiger partial charge in [-0.1, -0.05) is 0 Å². The number of furan rings is 1. The lowest BCUT2D eigenvalue weighted by Crippen LogP contribution is -2.02. The number of hydrogen-bond donors (Lipinski definition) is 1. The number of benzene rings is 1. The van der Waals surface area contributed by atoms with Gasteiger partial charge in [-0.3, -0.25) is 0 Å². The van der Waals surface area contributed by atoms with E-state index in [0.717, 1.165) is 18.2 Å². The van der Waals surface area contributed by atoms with Gasteiger partial charge in [-0.05, 0) is 19.1 Å². The van der Waals surface area contributed by atoms with E-state index >= 15 is 0 Å². The fourth-order valence-corrected chi connectivity index (χ4v) is 1.55. The number of ether oxygens (including phenoxy) is 1. The van der Waals surface area contributed by atoms with Crippen molar-refractivity contribution in [2.75, 3.05) is 0 Å². The van der Waals surface area contributed by atoms with Crippen molar-refractivity contribution >= 4 is 5.97 Å². The van der Waals surface area contributed by atoms with E-state index in [9.17, 15) is 13.6 Å². The number of rotatable bonds is 4. The molecule has 1 unspecified atom stereocenters. The van der Waals surface area contributed by atoms with Crippen molar-refractivity contribution in [3.63, 3.8) is 0 Å². The van der Waals surface area contributed by atoms with E-state index in [-0.39, 0.29) is 17.3 Å². The van der Waals surface area contributed by atoms with Crippen molar-refractivity contribution in [1.29, 1.82) is 0 Å². The average Bonchev–Trinajstić information content (AvgIpc) is 2.76. The Hall–Kier alpha value is -2.37. The van der Waals surface area contributed by atoms with Crippen molar-refractivity contribution in [2.45, 2.75) is 13.0 Å². The summed E-state index contributed by atoms with van der Waals surface area (Å²) in [5.74, 6) is -2.69. The van der Waals surface area contributed by atoms with E-state index in [1.165, 1.54) is 12.1 Å². The molecule has 4 nitrogen and oxygen atoms in total. The van der Waals surface area contributed by atoms with Gasteiger partial charge in [-0.15, -0.1) is 0 Å². The van der Waals surface area contributed by atoms with Gasteiger partial charge in [-0.2, -0.15) is 0 Å². The molecule has 0 bridgehead atoms. The molecular weight excluding hydrogens is 258 g/mol. The van der Waals surface area contributed by atoms with Crippen LogP contribution in [0.2, 0.25) is 0 Å². The van der Waals surface area contributed by atoms with Crippen molar-refractivity contribution in [1.82, 2.24) is 0 Å². The van der Waals surface area contributed by atoms with E-state index in [4.69, 9.17) is 14.3 Å². The summed E-state index contributed by atoms with van der Waals surface area (Å²) >= 11 is 0. The third-order valence-electron chi connectivity index (χ3n) is 2.39. The predicted octanol–water partition coefficient (Wildman–Crippen LogP) is 3.40. The molecule has 100 valence electrons. The molecule has 2 aromatic rings. The first-order chi connectivity index (χ1) is 8.95. The van der Waals surface area contributed by atoms with Gasteiger partial charge >= 0.3 is 5.97 Å². The molecule has 0 saturated heterocycles. The first-order valence-electron chi connectivity index (χ1n) is 5.41. The zero-order valence-electron chi connectivity index (χ0n) is 9.89. The third-order valence-corrected chi connectivity index (χ3v) is 2.39. The maximum absolute atomic E-state index is 13.0. The molecule has 19 heavy (non-hydrogen) atoms. The molecule has 0 fully saturated rings. The Balaban J connectivity index is 2.15. The highest BCUT2D eigenvalue weighted by Crippen LogP contribution is 2.24. The standard InChI is InChI=1S/C13H10F2O4/c1-7(11-2-3-12(19-11)13(16)17)18-10-5-8(14)4-9(15)6-10/h2-7H,1H3,(H,16,17). The fraction of sp³-hybridized carbons (Fsp3) is 0.154. The lowest BCUT2D eigenvalue weighted by atomic mass is 10.3. The number of aromatic carboxylic acids is 1. The van der Waals surface area contributed by atoms with Gasteiger partial charge in [0, 0.05) is 18.2 Å². The molecule has 2 rings (SSSR count). The minimum Gasteiger partial charge on any atom is -0.483 e. The third kappa shape index (κ3) is 3.09. The van der Waals surface area contributed by atoms with Crippen molar-refractivity contribution in [3.8, 4) is 5.75 Å². The van der Waals surface area contributed by atoms with E-state index in [0.29, 0.717) is 0 Å². The molecule has 0 amide bonds. The summed E-state index contributed by atoms with van der Waals surface area (Å²) in [7, 11) is 0. The van der Waals surface area contributed by atoms with Crippen molar-refractivity contribution < 1.29 is 27.8 Å². The normalized spacial score (nSPS) is 12.2. The quantitative estimate of drug-likeness (QED) is 0.923.